The molecule has 1 aromatic rings. The predicted molar refractivity (Wildman–Crippen MR) is 72.4 cm³/mol. The maximum absolute atomic E-state index is 5.42. The van der Waals surface area contributed by atoms with Gasteiger partial charge >= 0.3 is 0 Å². The largest absolute Gasteiger partial charge is 1.00 e. The van der Waals surface area contributed by atoms with Crippen LogP contribution in [0.4, 0.5) is 0 Å². The molecule has 0 atom stereocenters. The van der Waals surface area contributed by atoms with Gasteiger partial charge in [-0.25, -0.2) is 0 Å². The third-order valence-electron chi connectivity index (χ3n) is 4.15. The second-order valence-electron chi connectivity index (χ2n) is 5.17. The molecule has 4 heteroatoms. The molecular formula is C15H24ClNO2. The first-order valence-electron chi connectivity index (χ1n) is 6.76. The van der Waals surface area contributed by atoms with Crippen molar-refractivity contribution in [2.75, 3.05) is 27.8 Å². The zero-order valence-electron chi connectivity index (χ0n) is 12.0. The average molecular weight is 286 g/mol. The molecule has 1 aromatic carbocycles. The SMILES string of the molecule is C[NH2+]CC1(c2ccc(OC)c(OC)c2)CCCC1.[Cl-]. The van der Waals surface area contributed by atoms with Crippen molar-refractivity contribution in [3.63, 3.8) is 0 Å². The normalized spacial score (nSPS) is 16.8. The molecule has 2 rings (SSSR count). The molecule has 1 aliphatic rings. The van der Waals surface area contributed by atoms with Crippen molar-refractivity contribution in [3.8, 4) is 11.5 Å². The topological polar surface area (TPSA) is 35.1 Å². The van der Waals surface area contributed by atoms with Crippen molar-refractivity contribution < 1.29 is 27.2 Å². The van der Waals surface area contributed by atoms with E-state index in [0.717, 1.165) is 18.0 Å². The van der Waals surface area contributed by atoms with Crippen LogP contribution in [0.5, 0.6) is 11.5 Å². The monoisotopic (exact) mass is 285 g/mol. The summed E-state index contributed by atoms with van der Waals surface area (Å²) in [5.41, 5.74) is 1.73. The van der Waals surface area contributed by atoms with E-state index in [1.54, 1.807) is 14.2 Å². The van der Waals surface area contributed by atoms with Crippen LogP contribution in [0.15, 0.2) is 18.2 Å². The van der Waals surface area contributed by atoms with Gasteiger partial charge in [0.15, 0.2) is 11.5 Å². The van der Waals surface area contributed by atoms with Gasteiger partial charge in [0, 0.05) is 5.41 Å². The minimum Gasteiger partial charge on any atom is -1.00 e. The van der Waals surface area contributed by atoms with E-state index in [1.165, 1.54) is 31.2 Å². The van der Waals surface area contributed by atoms with Gasteiger partial charge in [0.1, 0.15) is 0 Å². The first-order chi connectivity index (χ1) is 8.75. The van der Waals surface area contributed by atoms with E-state index in [0.29, 0.717) is 5.41 Å². The number of benzene rings is 1. The maximum Gasteiger partial charge on any atom is 0.161 e. The lowest BCUT2D eigenvalue weighted by atomic mass is 9.78. The fourth-order valence-electron chi connectivity index (χ4n) is 3.22. The number of methoxy groups -OCH3 is 2. The molecule has 0 saturated heterocycles. The molecule has 2 N–H and O–H groups in total. The Morgan fingerprint density at radius 1 is 1.11 bits per heavy atom. The molecule has 108 valence electrons. The van der Waals surface area contributed by atoms with Gasteiger partial charge in [-0.1, -0.05) is 18.9 Å². The second-order valence-corrected chi connectivity index (χ2v) is 5.17. The summed E-state index contributed by atoms with van der Waals surface area (Å²) in [5.74, 6) is 1.66. The maximum atomic E-state index is 5.42. The number of hydrogen-bond acceptors (Lipinski definition) is 2. The van der Waals surface area contributed by atoms with E-state index in [1.807, 2.05) is 6.07 Å². The summed E-state index contributed by atoms with van der Waals surface area (Å²) in [6.07, 6.45) is 5.24. The van der Waals surface area contributed by atoms with Crippen molar-refractivity contribution in [2.24, 2.45) is 0 Å². The van der Waals surface area contributed by atoms with Crippen LogP contribution in [-0.4, -0.2) is 27.8 Å². The van der Waals surface area contributed by atoms with E-state index < -0.39 is 0 Å². The lowest BCUT2D eigenvalue weighted by molar-refractivity contribution is -0.634. The lowest BCUT2D eigenvalue weighted by Gasteiger charge is -2.27. The Morgan fingerprint density at radius 3 is 2.26 bits per heavy atom. The van der Waals surface area contributed by atoms with E-state index in [-0.39, 0.29) is 12.4 Å². The number of hydrogen-bond donors (Lipinski definition) is 1. The third-order valence-corrected chi connectivity index (χ3v) is 4.15. The Hall–Kier alpha value is -0.930. The molecule has 3 nitrogen and oxygen atoms in total. The average Bonchev–Trinajstić information content (AvgIpc) is 2.88. The van der Waals surface area contributed by atoms with E-state index >= 15 is 0 Å². The van der Waals surface area contributed by atoms with E-state index in [4.69, 9.17) is 9.47 Å². The van der Waals surface area contributed by atoms with Crippen LogP contribution in [0.25, 0.3) is 0 Å². The molecule has 0 unspecified atom stereocenters. The summed E-state index contributed by atoms with van der Waals surface area (Å²) in [6, 6.07) is 6.40. The highest BCUT2D eigenvalue weighted by Gasteiger charge is 2.37. The number of halogens is 1. The number of rotatable bonds is 5. The Morgan fingerprint density at radius 2 is 1.74 bits per heavy atom. The van der Waals surface area contributed by atoms with Gasteiger partial charge in [-0.3, -0.25) is 0 Å². The Balaban J connectivity index is 0.00000180. The molecule has 19 heavy (non-hydrogen) atoms. The second kappa shape index (κ2) is 7.01. The van der Waals surface area contributed by atoms with Gasteiger partial charge in [-0.05, 0) is 30.5 Å². The highest BCUT2D eigenvalue weighted by atomic mass is 35.5. The van der Waals surface area contributed by atoms with Crippen molar-refractivity contribution in [1.29, 1.82) is 0 Å². The van der Waals surface area contributed by atoms with E-state index in [9.17, 15) is 0 Å². The Labute approximate surface area is 122 Å². The fourth-order valence-corrected chi connectivity index (χ4v) is 3.22. The van der Waals surface area contributed by atoms with Crippen molar-refractivity contribution in [1.82, 2.24) is 0 Å². The molecule has 0 radical (unpaired) electrons. The number of nitrogens with two attached hydrogens (primary N) is 1. The Bertz CT molecular complexity index is 403. The molecule has 0 bridgehead atoms. The summed E-state index contributed by atoms with van der Waals surface area (Å²) in [6.45, 7) is 1.16. The standard InChI is InChI=1S/C15H23NO2.ClH/c1-16-11-15(8-4-5-9-15)12-6-7-13(17-2)14(10-12)18-3;/h6-7,10,16H,4-5,8-9,11H2,1-3H3;1H. The van der Waals surface area contributed by atoms with Crippen LogP contribution < -0.4 is 27.2 Å². The van der Waals surface area contributed by atoms with Gasteiger partial charge in [0.05, 0.1) is 27.8 Å². The lowest BCUT2D eigenvalue weighted by Crippen LogP contribution is -3.00. The van der Waals surface area contributed by atoms with Crippen LogP contribution >= 0.6 is 0 Å². The quantitative estimate of drug-likeness (QED) is 0.731. The van der Waals surface area contributed by atoms with Crippen LogP contribution in [0.2, 0.25) is 0 Å². The van der Waals surface area contributed by atoms with E-state index in [2.05, 4.69) is 24.5 Å². The molecule has 1 aliphatic carbocycles. The summed E-state index contributed by atoms with van der Waals surface area (Å²) < 4.78 is 10.7. The van der Waals surface area contributed by atoms with Crippen LogP contribution in [0, 0.1) is 0 Å². The summed E-state index contributed by atoms with van der Waals surface area (Å²) in [7, 11) is 5.54. The number of likely N-dealkylation sites (N-methyl/N-ethyl adjacent to an activating group) is 1. The highest BCUT2D eigenvalue weighted by Crippen LogP contribution is 2.42. The molecule has 0 amide bonds. The molecular weight excluding hydrogens is 262 g/mol. The molecule has 0 aromatic heterocycles. The van der Waals surface area contributed by atoms with Crippen LogP contribution in [0.1, 0.15) is 31.2 Å². The van der Waals surface area contributed by atoms with Gasteiger partial charge in [-0.2, -0.15) is 0 Å². The zero-order valence-corrected chi connectivity index (χ0v) is 12.8. The van der Waals surface area contributed by atoms with Gasteiger partial charge in [-0.15, -0.1) is 0 Å². The number of ether oxygens (including phenoxy) is 2. The molecule has 0 spiro atoms. The molecule has 0 heterocycles. The zero-order chi connectivity index (χ0) is 13.0. The minimum absolute atomic E-state index is 0. The van der Waals surface area contributed by atoms with Crippen LogP contribution in [-0.2, 0) is 5.41 Å². The Kier molecular flexibility index (Phi) is 5.95. The van der Waals surface area contributed by atoms with Crippen molar-refractivity contribution in [2.45, 2.75) is 31.1 Å². The first-order valence-corrected chi connectivity index (χ1v) is 6.76. The smallest absolute Gasteiger partial charge is 0.161 e. The number of quaternary nitrogens is 1. The molecule has 0 aliphatic heterocycles. The molecule has 1 fully saturated rings. The van der Waals surface area contributed by atoms with Crippen molar-refractivity contribution in [3.05, 3.63) is 23.8 Å². The fraction of sp³-hybridized carbons (Fsp3) is 0.600. The van der Waals surface area contributed by atoms with Crippen LogP contribution in [0.3, 0.4) is 0 Å². The van der Waals surface area contributed by atoms with Crippen molar-refractivity contribution >= 4 is 0 Å². The minimum atomic E-state index is 0. The summed E-state index contributed by atoms with van der Waals surface area (Å²) >= 11 is 0. The van der Waals surface area contributed by atoms with Gasteiger partial charge in [0.25, 0.3) is 0 Å². The summed E-state index contributed by atoms with van der Waals surface area (Å²) in [5, 5.41) is 2.29. The molecule has 1 saturated carbocycles. The third kappa shape index (κ3) is 3.15. The first kappa shape index (κ1) is 16.1. The highest BCUT2D eigenvalue weighted by molar-refractivity contribution is 5.45. The predicted octanol–water partition coefficient (Wildman–Crippen LogP) is -1.29. The summed E-state index contributed by atoms with van der Waals surface area (Å²) in [4.78, 5) is 0. The van der Waals surface area contributed by atoms with Gasteiger partial charge in [0.2, 0.25) is 0 Å². The van der Waals surface area contributed by atoms with Gasteiger partial charge < -0.3 is 27.2 Å².